The maximum Gasteiger partial charge on any atom is 0.0462 e. The van der Waals surface area contributed by atoms with Crippen LogP contribution in [0.4, 0.5) is 0 Å². The number of hydrogen-bond acceptors (Lipinski definition) is 2. The van der Waals surface area contributed by atoms with Gasteiger partial charge in [-0.1, -0.05) is 51.1 Å². The summed E-state index contributed by atoms with van der Waals surface area (Å²) in [5.41, 5.74) is 1.70. The minimum absolute atomic E-state index is 0.226. The molecule has 0 radical (unpaired) electrons. The first-order valence-corrected chi connectivity index (χ1v) is 8.53. The van der Waals surface area contributed by atoms with Gasteiger partial charge in [0.05, 0.1) is 0 Å². The molecule has 2 nitrogen and oxygen atoms in total. The molecule has 0 fully saturated rings. The third-order valence-corrected chi connectivity index (χ3v) is 4.76. The first-order valence-electron chi connectivity index (χ1n) is 8.53. The second-order valence-electron chi connectivity index (χ2n) is 5.87. The van der Waals surface area contributed by atoms with E-state index in [9.17, 15) is 0 Å². The van der Waals surface area contributed by atoms with Crippen LogP contribution in [-0.4, -0.2) is 26.3 Å². The fourth-order valence-electron chi connectivity index (χ4n) is 3.45. The van der Waals surface area contributed by atoms with E-state index in [1.165, 1.54) is 31.2 Å². The summed E-state index contributed by atoms with van der Waals surface area (Å²) in [5, 5.41) is 3.81. The predicted octanol–water partition coefficient (Wildman–Crippen LogP) is 4.54. The molecule has 0 aromatic heterocycles. The van der Waals surface area contributed by atoms with Crippen molar-refractivity contribution < 1.29 is 4.74 Å². The number of nitrogens with one attached hydrogen (secondary N) is 1. The van der Waals surface area contributed by atoms with Gasteiger partial charge in [-0.25, -0.2) is 0 Å². The molecule has 0 aliphatic heterocycles. The van der Waals surface area contributed by atoms with Crippen LogP contribution in [0, 0.1) is 0 Å². The van der Waals surface area contributed by atoms with E-state index in [1.807, 2.05) is 0 Å². The highest BCUT2D eigenvalue weighted by molar-refractivity contribution is 5.27. The molecule has 1 rings (SSSR count). The first-order chi connectivity index (χ1) is 10.2. The Morgan fingerprint density at radius 3 is 2.29 bits per heavy atom. The molecule has 0 amide bonds. The van der Waals surface area contributed by atoms with E-state index in [1.54, 1.807) is 7.11 Å². The Morgan fingerprint density at radius 2 is 1.76 bits per heavy atom. The van der Waals surface area contributed by atoms with Crippen LogP contribution in [0.1, 0.15) is 58.4 Å². The van der Waals surface area contributed by atoms with E-state index in [2.05, 4.69) is 56.4 Å². The summed E-state index contributed by atoms with van der Waals surface area (Å²) in [6.45, 7) is 8.83. The van der Waals surface area contributed by atoms with Crippen molar-refractivity contribution in [3.05, 3.63) is 35.9 Å². The van der Waals surface area contributed by atoms with Crippen LogP contribution in [-0.2, 0) is 10.2 Å². The third kappa shape index (κ3) is 4.82. The summed E-state index contributed by atoms with van der Waals surface area (Å²) in [6.07, 6.45) is 5.81. The third-order valence-electron chi connectivity index (χ3n) is 4.76. The molecule has 2 heteroatoms. The molecule has 0 aliphatic carbocycles. The van der Waals surface area contributed by atoms with Crippen LogP contribution < -0.4 is 5.32 Å². The lowest BCUT2D eigenvalue weighted by Gasteiger charge is -2.41. The summed E-state index contributed by atoms with van der Waals surface area (Å²) in [4.78, 5) is 0. The van der Waals surface area contributed by atoms with Crippen molar-refractivity contribution in [1.82, 2.24) is 5.32 Å². The second kappa shape index (κ2) is 9.97. The molecule has 1 aromatic rings. The molecule has 1 aromatic carbocycles. The SMILES string of the molecule is CCCNC(CCCOC)C(CC)(CC)c1ccccc1. The highest BCUT2D eigenvalue weighted by Crippen LogP contribution is 2.37. The first kappa shape index (κ1) is 18.2. The Labute approximate surface area is 131 Å². The topological polar surface area (TPSA) is 21.3 Å². The molecule has 1 atom stereocenters. The lowest BCUT2D eigenvalue weighted by molar-refractivity contribution is 0.175. The number of hydrogen-bond donors (Lipinski definition) is 1. The van der Waals surface area contributed by atoms with Crippen molar-refractivity contribution >= 4 is 0 Å². The van der Waals surface area contributed by atoms with Crippen molar-refractivity contribution in [2.24, 2.45) is 0 Å². The molecule has 0 saturated carbocycles. The fourth-order valence-corrected chi connectivity index (χ4v) is 3.45. The number of benzene rings is 1. The molecule has 1 N–H and O–H groups in total. The predicted molar refractivity (Wildman–Crippen MR) is 91.9 cm³/mol. The van der Waals surface area contributed by atoms with Gasteiger partial charge in [0.15, 0.2) is 0 Å². The van der Waals surface area contributed by atoms with Crippen molar-refractivity contribution in [3.63, 3.8) is 0 Å². The zero-order valence-corrected chi connectivity index (χ0v) is 14.3. The molecular weight excluding hydrogens is 258 g/mol. The Hall–Kier alpha value is -0.860. The quantitative estimate of drug-likeness (QED) is 0.604. The van der Waals surface area contributed by atoms with Gasteiger partial charge in [-0.3, -0.25) is 0 Å². The van der Waals surface area contributed by atoms with E-state index in [4.69, 9.17) is 4.74 Å². The van der Waals surface area contributed by atoms with E-state index in [0.29, 0.717) is 6.04 Å². The normalized spacial score (nSPS) is 13.3. The highest BCUT2D eigenvalue weighted by atomic mass is 16.5. The van der Waals surface area contributed by atoms with Crippen molar-refractivity contribution in [2.75, 3.05) is 20.3 Å². The molecule has 0 bridgehead atoms. The summed E-state index contributed by atoms with van der Waals surface area (Å²) >= 11 is 0. The molecule has 0 saturated heterocycles. The maximum absolute atomic E-state index is 5.25. The summed E-state index contributed by atoms with van der Waals surface area (Å²) in [5.74, 6) is 0. The number of methoxy groups -OCH3 is 1. The Morgan fingerprint density at radius 1 is 1.10 bits per heavy atom. The number of ether oxygens (including phenoxy) is 1. The summed E-state index contributed by atoms with van der Waals surface area (Å²) in [7, 11) is 1.79. The van der Waals surface area contributed by atoms with Crippen molar-refractivity contribution in [1.29, 1.82) is 0 Å². The smallest absolute Gasteiger partial charge is 0.0462 e. The molecule has 0 spiro atoms. The minimum Gasteiger partial charge on any atom is -0.385 e. The van der Waals surface area contributed by atoms with Crippen LogP contribution in [0.2, 0.25) is 0 Å². The van der Waals surface area contributed by atoms with Crippen LogP contribution in [0.5, 0.6) is 0 Å². The van der Waals surface area contributed by atoms with Crippen LogP contribution in [0.15, 0.2) is 30.3 Å². The van der Waals surface area contributed by atoms with Crippen molar-refractivity contribution in [2.45, 2.75) is 64.3 Å². The van der Waals surface area contributed by atoms with Gasteiger partial charge < -0.3 is 10.1 Å². The molecule has 0 aliphatic rings. The van der Waals surface area contributed by atoms with Gasteiger partial charge in [-0.2, -0.15) is 0 Å². The van der Waals surface area contributed by atoms with E-state index < -0.39 is 0 Å². The Kier molecular flexibility index (Phi) is 8.63. The van der Waals surface area contributed by atoms with Gasteiger partial charge in [0, 0.05) is 25.2 Å². The Bertz CT molecular complexity index is 359. The van der Waals surface area contributed by atoms with E-state index in [0.717, 1.165) is 19.6 Å². The maximum atomic E-state index is 5.25. The van der Waals surface area contributed by atoms with Gasteiger partial charge >= 0.3 is 0 Å². The van der Waals surface area contributed by atoms with Crippen LogP contribution in [0.25, 0.3) is 0 Å². The van der Waals surface area contributed by atoms with Gasteiger partial charge in [0.1, 0.15) is 0 Å². The number of rotatable bonds is 11. The van der Waals surface area contributed by atoms with E-state index in [-0.39, 0.29) is 5.41 Å². The minimum atomic E-state index is 0.226. The average molecular weight is 291 g/mol. The summed E-state index contributed by atoms with van der Waals surface area (Å²) in [6, 6.07) is 11.6. The highest BCUT2D eigenvalue weighted by Gasteiger charge is 2.36. The molecular formula is C19H33NO. The molecule has 0 heterocycles. The molecule has 21 heavy (non-hydrogen) atoms. The zero-order chi connectivity index (χ0) is 15.6. The largest absolute Gasteiger partial charge is 0.385 e. The zero-order valence-electron chi connectivity index (χ0n) is 14.3. The average Bonchev–Trinajstić information content (AvgIpc) is 2.54. The standard InChI is InChI=1S/C19H33NO/c1-5-15-20-18(14-11-16-21-4)19(6-2,7-3)17-12-9-8-10-13-17/h8-10,12-13,18,20H,5-7,11,14-16H2,1-4H3. The second-order valence-corrected chi connectivity index (χ2v) is 5.87. The molecule has 120 valence electrons. The lowest BCUT2D eigenvalue weighted by Crippen LogP contribution is -2.48. The van der Waals surface area contributed by atoms with Gasteiger partial charge in [-0.15, -0.1) is 0 Å². The fraction of sp³-hybridized carbons (Fsp3) is 0.684. The van der Waals surface area contributed by atoms with Gasteiger partial charge in [0.25, 0.3) is 0 Å². The monoisotopic (exact) mass is 291 g/mol. The van der Waals surface area contributed by atoms with E-state index >= 15 is 0 Å². The van der Waals surface area contributed by atoms with Gasteiger partial charge in [0.2, 0.25) is 0 Å². The van der Waals surface area contributed by atoms with Crippen LogP contribution >= 0.6 is 0 Å². The van der Waals surface area contributed by atoms with Gasteiger partial charge in [-0.05, 0) is 44.2 Å². The molecule has 1 unspecified atom stereocenters. The van der Waals surface area contributed by atoms with Crippen LogP contribution in [0.3, 0.4) is 0 Å². The Balaban J connectivity index is 2.99. The summed E-state index contributed by atoms with van der Waals surface area (Å²) < 4.78 is 5.25. The lowest BCUT2D eigenvalue weighted by atomic mass is 9.68. The van der Waals surface area contributed by atoms with Crippen molar-refractivity contribution in [3.8, 4) is 0 Å².